The summed E-state index contributed by atoms with van der Waals surface area (Å²) in [4.78, 5) is 0. The maximum Gasteiger partial charge on any atom is 0.126 e. The zero-order valence-electron chi connectivity index (χ0n) is 11.5. The Labute approximate surface area is 126 Å². The minimum absolute atomic E-state index is 0.166. The summed E-state index contributed by atoms with van der Waals surface area (Å²) < 4.78 is 25.9. The van der Waals surface area contributed by atoms with Gasteiger partial charge in [-0.05, 0) is 30.2 Å². The lowest BCUT2D eigenvalue weighted by molar-refractivity contribution is -0.110. The van der Waals surface area contributed by atoms with E-state index in [0.717, 1.165) is 17.3 Å². The first-order chi connectivity index (χ1) is 9.61. The van der Waals surface area contributed by atoms with Gasteiger partial charge < -0.3 is 9.47 Å². The van der Waals surface area contributed by atoms with E-state index in [-0.39, 0.29) is 11.9 Å². The van der Waals surface area contributed by atoms with Crippen LogP contribution in [0.5, 0.6) is 0 Å². The van der Waals surface area contributed by atoms with E-state index in [2.05, 4.69) is 21.4 Å². The number of nitrogens with two attached hydrogens (primary N) is 1. The van der Waals surface area contributed by atoms with Crippen LogP contribution in [0.15, 0.2) is 22.7 Å². The molecule has 1 aliphatic rings. The molecule has 1 aromatic carbocycles. The third-order valence-corrected chi connectivity index (χ3v) is 4.51. The zero-order valence-corrected chi connectivity index (χ0v) is 13.1. The van der Waals surface area contributed by atoms with E-state index in [0.29, 0.717) is 25.2 Å². The Hall–Kier alpha value is -0.530. The number of benzene rings is 1. The van der Waals surface area contributed by atoms with Crippen molar-refractivity contribution in [1.82, 2.24) is 5.43 Å². The Morgan fingerprint density at radius 3 is 2.80 bits per heavy atom. The topological polar surface area (TPSA) is 56.5 Å². The van der Waals surface area contributed by atoms with E-state index in [1.807, 2.05) is 0 Å². The number of hydrogen-bond acceptors (Lipinski definition) is 4. The van der Waals surface area contributed by atoms with Gasteiger partial charge in [0, 0.05) is 37.6 Å². The fourth-order valence-corrected chi connectivity index (χ4v) is 3.14. The van der Waals surface area contributed by atoms with Crippen LogP contribution in [0, 0.1) is 5.82 Å². The first-order valence-electron chi connectivity index (χ1n) is 6.64. The molecule has 0 saturated carbocycles. The van der Waals surface area contributed by atoms with Gasteiger partial charge >= 0.3 is 0 Å². The number of methoxy groups -OCH3 is 1. The minimum atomic E-state index is -0.415. The largest absolute Gasteiger partial charge is 0.381 e. The molecule has 2 rings (SSSR count). The highest BCUT2D eigenvalue weighted by Gasteiger charge is 2.40. The summed E-state index contributed by atoms with van der Waals surface area (Å²) in [6, 6.07) is 4.75. The van der Waals surface area contributed by atoms with Crippen molar-refractivity contribution < 1.29 is 13.9 Å². The highest BCUT2D eigenvalue weighted by molar-refractivity contribution is 9.10. The number of hydrazine groups is 1. The molecule has 0 aromatic heterocycles. The van der Waals surface area contributed by atoms with Gasteiger partial charge in [-0.2, -0.15) is 0 Å². The molecule has 20 heavy (non-hydrogen) atoms. The summed E-state index contributed by atoms with van der Waals surface area (Å²) >= 11 is 3.37. The van der Waals surface area contributed by atoms with Crippen molar-refractivity contribution in [2.75, 3.05) is 20.3 Å². The van der Waals surface area contributed by atoms with E-state index in [1.54, 1.807) is 19.2 Å². The van der Waals surface area contributed by atoms with Gasteiger partial charge in [-0.1, -0.05) is 15.9 Å². The van der Waals surface area contributed by atoms with Crippen molar-refractivity contribution in [3.63, 3.8) is 0 Å². The monoisotopic (exact) mass is 346 g/mol. The lowest BCUT2D eigenvalue weighted by Crippen LogP contribution is -2.58. The third-order valence-electron chi connectivity index (χ3n) is 4.01. The number of nitrogens with one attached hydrogen (secondary N) is 1. The molecular weight excluding hydrogens is 327 g/mol. The molecule has 6 heteroatoms. The molecule has 0 bridgehead atoms. The van der Waals surface area contributed by atoms with E-state index >= 15 is 0 Å². The molecule has 1 heterocycles. The minimum Gasteiger partial charge on any atom is -0.381 e. The van der Waals surface area contributed by atoms with Crippen molar-refractivity contribution in [3.05, 3.63) is 34.1 Å². The van der Waals surface area contributed by atoms with Crippen LogP contribution in [0.3, 0.4) is 0 Å². The molecule has 0 spiro atoms. The zero-order chi connectivity index (χ0) is 14.6. The molecule has 4 nitrogen and oxygen atoms in total. The van der Waals surface area contributed by atoms with Gasteiger partial charge in [0.15, 0.2) is 0 Å². The summed E-state index contributed by atoms with van der Waals surface area (Å²) in [5.41, 5.74) is 3.00. The van der Waals surface area contributed by atoms with E-state index in [9.17, 15) is 4.39 Å². The summed E-state index contributed by atoms with van der Waals surface area (Å²) in [6.45, 7) is 1.26. The Morgan fingerprint density at radius 2 is 2.20 bits per heavy atom. The predicted octanol–water partition coefficient (Wildman–Crippen LogP) is 2.16. The van der Waals surface area contributed by atoms with Crippen LogP contribution in [-0.2, 0) is 15.9 Å². The number of halogens is 2. The molecule has 1 fully saturated rings. The van der Waals surface area contributed by atoms with E-state index in [4.69, 9.17) is 15.3 Å². The molecule has 1 unspecified atom stereocenters. The number of rotatable bonds is 5. The summed E-state index contributed by atoms with van der Waals surface area (Å²) in [6.07, 6.45) is 1.96. The van der Waals surface area contributed by atoms with Crippen molar-refractivity contribution in [1.29, 1.82) is 0 Å². The molecule has 0 aliphatic carbocycles. The average molecular weight is 347 g/mol. The SMILES string of the molecule is COC1(C(Cc2cc(Br)ccc2F)NN)CCOCC1. The highest BCUT2D eigenvalue weighted by atomic mass is 79.9. The van der Waals surface area contributed by atoms with Crippen LogP contribution in [0.4, 0.5) is 4.39 Å². The Balaban J connectivity index is 2.21. The Kier molecular flexibility index (Phi) is 5.51. The molecule has 1 aliphatic heterocycles. The maximum atomic E-state index is 13.9. The molecule has 112 valence electrons. The second kappa shape index (κ2) is 6.95. The fourth-order valence-electron chi connectivity index (χ4n) is 2.73. The van der Waals surface area contributed by atoms with Gasteiger partial charge in [0.05, 0.1) is 11.6 Å². The highest BCUT2D eigenvalue weighted by Crippen LogP contribution is 2.30. The second-order valence-electron chi connectivity index (χ2n) is 5.04. The standard InChI is InChI=1S/C14H20BrFN2O2/c1-19-14(4-6-20-7-5-14)13(18-17)9-10-8-11(15)2-3-12(10)16/h2-3,8,13,18H,4-7,9,17H2,1H3. The van der Waals surface area contributed by atoms with Crippen molar-refractivity contribution in [3.8, 4) is 0 Å². The summed E-state index contributed by atoms with van der Waals surface area (Å²) in [5.74, 6) is 5.47. The van der Waals surface area contributed by atoms with Crippen molar-refractivity contribution in [2.45, 2.75) is 30.9 Å². The number of hydrogen-bond donors (Lipinski definition) is 2. The van der Waals surface area contributed by atoms with Crippen LogP contribution in [-0.4, -0.2) is 32.0 Å². The van der Waals surface area contributed by atoms with Gasteiger partial charge in [0.25, 0.3) is 0 Å². The van der Waals surface area contributed by atoms with Crippen LogP contribution < -0.4 is 11.3 Å². The van der Waals surface area contributed by atoms with Crippen LogP contribution in [0.2, 0.25) is 0 Å². The van der Waals surface area contributed by atoms with Gasteiger partial charge in [-0.3, -0.25) is 11.3 Å². The molecule has 1 aromatic rings. The first-order valence-corrected chi connectivity index (χ1v) is 7.43. The first kappa shape index (κ1) is 15.9. The van der Waals surface area contributed by atoms with E-state index in [1.165, 1.54) is 6.07 Å². The summed E-state index contributed by atoms with van der Waals surface area (Å²) in [5, 5.41) is 0. The van der Waals surface area contributed by atoms with Gasteiger partial charge in [-0.25, -0.2) is 4.39 Å². The molecule has 3 N–H and O–H groups in total. The molecular formula is C14H20BrFN2O2. The normalized spacial score (nSPS) is 19.8. The van der Waals surface area contributed by atoms with Gasteiger partial charge in [0.2, 0.25) is 0 Å². The molecule has 0 amide bonds. The Bertz CT molecular complexity index is 453. The number of ether oxygens (including phenoxy) is 2. The van der Waals surface area contributed by atoms with Gasteiger partial charge in [-0.15, -0.1) is 0 Å². The van der Waals surface area contributed by atoms with Crippen LogP contribution in [0.25, 0.3) is 0 Å². The van der Waals surface area contributed by atoms with Crippen molar-refractivity contribution >= 4 is 15.9 Å². The van der Waals surface area contributed by atoms with Crippen molar-refractivity contribution in [2.24, 2.45) is 5.84 Å². The quantitative estimate of drug-likeness (QED) is 0.633. The smallest absolute Gasteiger partial charge is 0.126 e. The van der Waals surface area contributed by atoms with Crippen LogP contribution in [0.1, 0.15) is 18.4 Å². The second-order valence-corrected chi connectivity index (χ2v) is 5.96. The van der Waals surface area contributed by atoms with Crippen LogP contribution >= 0.6 is 15.9 Å². The van der Waals surface area contributed by atoms with E-state index < -0.39 is 5.60 Å². The Morgan fingerprint density at radius 1 is 1.50 bits per heavy atom. The maximum absolute atomic E-state index is 13.9. The summed E-state index contributed by atoms with van der Waals surface area (Å²) in [7, 11) is 1.67. The van der Waals surface area contributed by atoms with Gasteiger partial charge in [0.1, 0.15) is 5.82 Å². The fraction of sp³-hybridized carbons (Fsp3) is 0.571. The average Bonchev–Trinajstić information content (AvgIpc) is 2.48. The predicted molar refractivity (Wildman–Crippen MR) is 78.7 cm³/mol. The lowest BCUT2D eigenvalue weighted by Gasteiger charge is -2.42. The molecule has 0 radical (unpaired) electrons. The molecule has 1 atom stereocenters. The third kappa shape index (κ3) is 3.38. The lowest BCUT2D eigenvalue weighted by atomic mass is 9.83. The molecule has 1 saturated heterocycles.